The van der Waals surface area contributed by atoms with Gasteiger partial charge in [0.25, 0.3) is 0 Å². The molecule has 1 saturated heterocycles. The smallest absolute Gasteiger partial charge is 0.238 e. The van der Waals surface area contributed by atoms with E-state index < -0.39 is 0 Å². The number of imidazole rings is 1. The van der Waals surface area contributed by atoms with Gasteiger partial charge in [0.05, 0.1) is 18.8 Å². The van der Waals surface area contributed by atoms with E-state index in [1.165, 1.54) is 0 Å². The van der Waals surface area contributed by atoms with Gasteiger partial charge >= 0.3 is 0 Å². The minimum absolute atomic E-state index is 0.00609. The van der Waals surface area contributed by atoms with Crippen LogP contribution in [0.15, 0.2) is 67.0 Å². The summed E-state index contributed by atoms with van der Waals surface area (Å²) in [7, 11) is 0. The van der Waals surface area contributed by atoms with Crippen LogP contribution in [0.1, 0.15) is 19.8 Å². The first-order valence-electron chi connectivity index (χ1n) is 11.0. The summed E-state index contributed by atoms with van der Waals surface area (Å²) in [6, 6.07) is 17.9. The lowest BCUT2D eigenvalue weighted by atomic mass is 9.96. The van der Waals surface area contributed by atoms with Crippen molar-refractivity contribution < 1.29 is 9.53 Å². The van der Waals surface area contributed by atoms with Gasteiger partial charge in [0.2, 0.25) is 5.91 Å². The first-order chi connectivity index (χ1) is 15.2. The lowest BCUT2D eigenvalue weighted by Crippen LogP contribution is -2.40. The summed E-state index contributed by atoms with van der Waals surface area (Å²) in [6.45, 7) is 5.75. The second-order valence-corrected chi connectivity index (χ2v) is 7.97. The van der Waals surface area contributed by atoms with Crippen molar-refractivity contribution in [1.82, 2.24) is 14.5 Å². The molecule has 6 nitrogen and oxygen atoms in total. The van der Waals surface area contributed by atoms with Gasteiger partial charge in [0, 0.05) is 24.5 Å². The van der Waals surface area contributed by atoms with Gasteiger partial charge in [-0.1, -0.05) is 42.5 Å². The molecule has 0 unspecified atom stereocenters. The highest BCUT2D eigenvalue weighted by molar-refractivity contribution is 5.93. The second kappa shape index (κ2) is 10.3. The highest BCUT2D eigenvalue weighted by atomic mass is 16.5. The highest BCUT2D eigenvalue weighted by Crippen LogP contribution is 2.25. The molecule has 0 atom stereocenters. The molecule has 1 N–H and O–H groups in total. The van der Waals surface area contributed by atoms with Gasteiger partial charge in [0.15, 0.2) is 0 Å². The predicted molar refractivity (Wildman–Crippen MR) is 123 cm³/mol. The van der Waals surface area contributed by atoms with Gasteiger partial charge in [-0.3, -0.25) is 9.69 Å². The fourth-order valence-electron chi connectivity index (χ4n) is 4.15. The van der Waals surface area contributed by atoms with Crippen molar-refractivity contribution in [3.63, 3.8) is 0 Å². The Kier molecular flexibility index (Phi) is 6.99. The molecule has 0 saturated carbocycles. The zero-order valence-corrected chi connectivity index (χ0v) is 18.0. The maximum absolute atomic E-state index is 12.6. The van der Waals surface area contributed by atoms with E-state index in [1.54, 1.807) is 0 Å². The molecular formula is C25H30N4O2. The molecule has 6 heteroatoms. The number of anilines is 1. The molecule has 0 spiro atoms. The molecule has 0 radical (unpaired) electrons. The van der Waals surface area contributed by atoms with Crippen LogP contribution in [0.25, 0.3) is 11.4 Å². The molecule has 4 rings (SSSR count). The van der Waals surface area contributed by atoms with Gasteiger partial charge in [-0.15, -0.1) is 0 Å². The Labute approximate surface area is 183 Å². The van der Waals surface area contributed by atoms with E-state index in [-0.39, 0.29) is 5.91 Å². The summed E-state index contributed by atoms with van der Waals surface area (Å²) in [5, 5.41) is 3.00. The monoisotopic (exact) mass is 418 g/mol. The molecule has 1 aliphatic heterocycles. The molecule has 1 amide bonds. The van der Waals surface area contributed by atoms with Crippen molar-refractivity contribution in [2.75, 3.05) is 31.6 Å². The molecular weight excluding hydrogens is 388 g/mol. The number of hydrogen-bond donors (Lipinski definition) is 1. The fourth-order valence-corrected chi connectivity index (χ4v) is 4.15. The number of nitrogens with zero attached hydrogens (tertiary/aromatic N) is 3. The molecule has 0 aliphatic carbocycles. The number of benzene rings is 2. The van der Waals surface area contributed by atoms with E-state index in [2.05, 4.69) is 38.1 Å². The quantitative estimate of drug-likeness (QED) is 0.593. The van der Waals surface area contributed by atoms with Crippen LogP contribution in [0.5, 0.6) is 5.75 Å². The zero-order chi connectivity index (χ0) is 21.5. The van der Waals surface area contributed by atoms with Crippen molar-refractivity contribution >= 4 is 11.6 Å². The Balaban J connectivity index is 1.27. The highest BCUT2D eigenvalue weighted by Gasteiger charge is 2.22. The summed E-state index contributed by atoms with van der Waals surface area (Å²) in [5.41, 5.74) is 1.88. The van der Waals surface area contributed by atoms with Crippen molar-refractivity contribution in [2.24, 2.45) is 5.92 Å². The van der Waals surface area contributed by atoms with Gasteiger partial charge in [-0.25, -0.2) is 4.98 Å². The summed E-state index contributed by atoms with van der Waals surface area (Å²) in [4.78, 5) is 19.3. The van der Waals surface area contributed by atoms with Gasteiger partial charge < -0.3 is 14.6 Å². The van der Waals surface area contributed by atoms with Gasteiger partial charge in [-0.2, -0.15) is 0 Å². The molecule has 31 heavy (non-hydrogen) atoms. The number of para-hydroxylation sites is 2. The van der Waals surface area contributed by atoms with Crippen molar-refractivity contribution in [2.45, 2.75) is 26.3 Å². The van der Waals surface area contributed by atoms with Gasteiger partial charge in [0.1, 0.15) is 11.6 Å². The SMILES string of the molecule is CCOc1ccccc1NC(=O)CN1CCC(Cn2ccnc2-c2ccccc2)CC1. The molecule has 1 fully saturated rings. The third-order valence-electron chi connectivity index (χ3n) is 5.74. The second-order valence-electron chi connectivity index (χ2n) is 7.97. The van der Waals surface area contributed by atoms with E-state index in [9.17, 15) is 4.79 Å². The standard InChI is InChI=1S/C25H30N4O2/c1-2-31-23-11-7-6-10-22(23)27-24(30)19-28-15-12-20(13-16-28)18-29-17-14-26-25(29)21-8-4-3-5-9-21/h3-11,14,17,20H,2,12-13,15-16,18-19H2,1H3,(H,27,30). The number of nitrogens with one attached hydrogen (secondary N) is 1. The summed E-state index contributed by atoms with van der Waals surface area (Å²) in [6.07, 6.45) is 6.10. The molecule has 1 aromatic heterocycles. The minimum Gasteiger partial charge on any atom is -0.492 e. The Morgan fingerprint density at radius 3 is 2.61 bits per heavy atom. The first-order valence-corrected chi connectivity index (χ1v) is 11.0. The third-order valence-corrected chi connectivity index (χ3v) is 5.74. The number of hydrogen-bond acceptors (Lipinski definition) is 4. The van der Waals surface area contributed by atoms with Gasteiger partial charge in [-0.05, 0) is 50.9 Å². The van der Waals surface area contributed by atoms with E-state index >= 15 is 0 Å². The van der Waals surface area contributed by atoms with Crippen molar-refractivity contribution in [1.29, 1.82) is 0 Å². The average molecular weight is 419 g/mol. The average Bonchev–Trinajstić information content (AvgIpc) is 3.25. The number of rotatable bonds is 8. The van der Waals surface area contributed by atoms with Crippen LogP contribution in [0.2, 0.25) is 0 Å². The van der Waals surface area contributed by atoms with Crippen LogP contribution in [-0.2, 0) is 11.3 Å². The molecule has 2 heterocycles. The Hall–Kier alpha value is -3.12. The number of likely N-dealkylation sites (tertiary alicyclic amines) is 1. The lowest BCUT2D eigenvalue weighted by Gasteiger charge is -2.31. The largest absolute Gasteiger partial charge is 0.492 e. The first kappa shape index (κ1) is 21.1. The molecule has 1 aliphatic rings. The van der Waals surface area contributed by atoms with E-state index in [0.717, 1.165) is 49.6 Å². The molecule has 3 aromatic rings. The molecule has 0 bridgehead atoms. The van der Waals surface area contributed by atoms with Crippen LogP contribution < -0.4 is 10.1 Å². The predicted octanol–water partition coefficient (Wildman–Crippen LogP) is 4.30. The Bertz CT molecular complexity index is 978. The Morgan fingerprint density at radius 1 is 1.10 bits per heavy atom. The van der Waals surface area contributed by atoms with Crippen molar-refractivity contribution in [3.05, 3.63) is 67.0 Å². The summed E-state index contributed by atoms with van der Waals surface area (Å²) < 4.78 is 7.85. The maximum Gasteiger partial charge on any atom is 0.238 e. The maximum atomic E-state index is 12.6. The third kappa shape index (κ3) is 5.52. The summed E-state index contributed by atoms with van der Waals surface area (Å²) in [5.74, 6) is 2.34. The molecule has 2 aromatic carbocycles. The van der Waals surface area contributed by atoms with Crippen LogP contribution in [0, 0.1) is 5.92 Å². The van der Waals surface area contributed by atoms with Crippen LogP contribution in [0.3, 0.4) is 0 Å². The fraction of sp³-hybridized carbons (Fsp3) is 0.360. The van der Waals surface area contributed by atoms with Crippen molar-refractivity contribution in [3.8, 4) is 17.1 Å². The normalized spacial score (nSPS) is 15.0. The van der Waals surface area contributed by atoms with E-state index in [1.807, 2.05) is 55.6 Å². The molecule has 162 valence electrons. The number of carbonyl (C=O) groups is 1. The van der Waals surface area contributed by atoms with E-state index in [0.29, 0.717) is 24.8 Å². The van der Waals surface area contributed by atoms with Crippen LogP contribution in [0.4, 0.5) is 5.69 Å². The number of carbonyl (C=O) groups excluding carboxylic acids is 1. The Morgan fingerprint density at radius 2 is 1.84 bits per heavy atom. The minimum atomic E-state index is 0.00609. The number of aromatic nitrogens is 2. The summed E-state index contributed by atoms with van der Waals surface area (Å²) >= 11 is 0. The zero-order valence-electron chi connectivity index (χ0n) is 18.0. The number of piperidine rings is 1. The van der Waals surface area contributed by atoms with Crippen LogP contribution >= 0.6 is 0 Å². The number of amides is 1. The van der Waals surface area contributed by atoms with Crippen LogP contribution in [-0.4, -0.2) is 46.6 Å². The van der Waals surface area contributed by atoms with E-state index in [4.69, 9.17) is 4.74 Å². The number of ether oxygens (including phenoxy) is 1. The topological polar surface area (TPSA) is 59.4 Å². The lowest BCUT2D eigenvalue weighted by molar-refractivity contribution is -0.117.